The monoisotopic (exact) mass is 651 g/mol. The van der Waals surface area contributed by atoms with E-state index in [-0.39, 0.29) is 0 Å². The van der Waals surface area contributed by atoms with Crippen LogP contribution in [0.15, 0.2) is 200 Å². The zero-order valence-corrected chi connectivity index (χ0v) is 27.9. The molecule has 3 nitrogen and oxygen atoms in total. The van der Waals surface area contributed by atoms with Crippen molar-refractivity contribution in [1.29, 1.82) is 0 Å². The Bertz CT molecular complexity index is 2830. The van der Waals surface area contributed by atoms with Crippen molar-refractivity contribution in [1.82, 2.24) is 9.13 Å². The molecule has 10 aromatic rings. The van der Waals surface area contributed by atoms with E-state index in [0.717, 1.165) is 34.0 Å². The summed E-state index contributed by atoms with van der Waals surface area (Å²) < 4.78 is 4.83. The molecule has 0 amide bonds. The summed E-state index contributed by atoms with van der Waals surface area (Å²) in [6, 6.07) is 72.1. The van der Waals surface area contributed by atoms with Crippen molar-refractivity contribution in [3.05, 3.63) is 200 Å². The van der Waals surface area contributed by atoms with Gasteiger partial charge in [0.2, 0.25) is 0 Å². The molecule has 8 aromatic carbocycles. The smallest absolute Gasteiger partial charge is 0.0782 e. The molecule has 2 heterocycles. The van der Waals surface area contributed by atoms with E-state index in [4.69, 9.17) is 0 Å². The van der Waals surface area contributed by atoms with Crippen LogP contribution >= 0.6 is 0 Å². The van der Waals surface area contributed by atoms with Gasteiger partial charge in [-0.3, -0.25) is 0 Å². The van der Waals surface area contributed by atoms with Gasteiger partial charge in [-0.15, -0.1) is 0 Å². The molecule has 0 fully saturated rings. The number of hydrogen-bond acceptors (Lipinski definition) is 1. The summed E-state index contributed by atoms with van der Waals surface area (Å²) in [4.78, 5) is 2.42. The van der Waals surface area contributed by atoms with Gasteiger partial charge >= 0.3 is 0 Å². The summed E-state index contributed by atoms with van der Waals surface area (Å²) in [5.41, 5.74) is 12.7. The Morgan fingerprint density at radius 2 is 0.843 bits per heavy atom. The van der Waals surface area contributed by atoms with Crippen LogP contribution in [0.5, 0.6) is 0 Å². The molecule has 0 spiro atoms. The second kappa shape index (κ2) is 11.9. The Balaban J connectivity index is 1.24. The van der Waals surface area contributed by atoms with Gasteiger partial charge in [0.1, 0.15) is 0 Å². The van der Waals surface area contributed by atoms with Crippen molar-refractivity contribution < 1.29 is 0 Å². The Morgan fingerprint density at radius 3 is 1.57 bits per heavy atom. The van der Waals surface area contributed by atoms with Crippen LogP contribution in [0.2, 0.25) is 0 Å². The van der Waals surface area contributed by atoms with E-state index in [1.54, 1.807) is 0 Å². The first-order chi connectivity index (χ1) is 25.3. The van der Waals surface area contributed by atoms with Crippen LogP contribution in [-0.4, -0.2) is 9.13 Å². The minimum absolute atomic E-state index is 1.09. The topological polar surface area (TPSA) is 13.1 Å². The zero-order valence-electron chi connectivity index (χ0n) is 27.9. The van der Waals surface area contributed by atoms with Crippen LogP contribution in [0.3, 0.4) is 0 Å². The molecule has 240 valence electrons. The average molecular weight is 652 g/mol. The second-order valence-corrected chi connectivity index (χ2v) is 13.0. The Labute approximate surface area is 296 Å². The zero-order chi connectivity index (χ0) is 33.7. The second-order valence-electron chi connectivity index (χ2n) is 13.0. The van der Waals surface area contributed by atoms with E-state index in [1.807, 2.05) is 0 Å². The van der Waals surface area contributed by atoms with Crippen LogP contribution in [-0.2, 0) is 0 Å². The lowest BCUT2D eigenvalue weighted by Crippen LogP contribution is -2.11. The molecule has 0 aliphatic carbocycles. The molecule has 0 atom stereocenters. The molecule has 0 aliphatic rings. The minimum atomic E-state index is 1.09. The van der Waals surface area contributed by atoms with Gasteiger partial charge in [0.25, 0.3) is 0 Å². The fourth-order valence-corrected chi connectivity index (χ4v) is 7.84. The normalized spacial score (nSPS) is 11.5. The average Bonchev–Trinajstić information content (AvgIpc) is 3.72. The van der Waals surface area contributed by atoms with Gasteiger partial charge in [-0.1, -0.05) is 133 Å². The quantitative estimate of drug-likeness (QED) is 0.174. The van der Waals surface area contributed by atoms with E-state index >= 15 is 0 Å². The van der Waals surface area contributed by atoms with Crippen molar-refractivity contribution in [3.8, 4) is 22.5 Å². The number of aromatic nitrogens is 2. The molecule has 0 radical (unpaired) electrons. The van der Waals surface area contributed by atoms with Crippen molar-refractivity contribution in [2.45, 2.75) is 0 Å². The van der Waals surface area contributed by atoms with Gasteiger partial charge in [-0.05, 0) is 77.9 Å². The summed E-state index contributed by atoms with van der Waals surface area (Å²) in [7, 11) is 0. The molecule has 51 heavy (non-hydrogen) atoms. The van der Waals surface area contributed by atoms with Crippen molar-refractivity contribution in [2.75, 3.05) is 4.90 Å². The molecule has 0 aliphatic heterocycles. The van der Waals surface area contributed by atoms with Crippen LogP contribution in [0.4, 0.5) is 17.1 Å². The van der Waals surface area contributed by atoms with Gasteiger partial charge in [0, 0.05) is 44.3 Å². The first-order valence-corrected chi connectivity index (χ1v) is 17.5. The highest BCUT2D eigenvalue weighted by Gasteiger charge is 2.22. The fraction of sp³-hybridized carbons (Fsp3) is 0. The molecule has 3 heteroatoms. The van der Waals surface area contributed by atoms with Crippen LogP contribution in [0.25, 0.3) is 66.1 Å². The van der Waals surface area contributed by atoms with E-state index in [9.17, 15) is 0 Å². The first kappa shape index (κ1) is 29.1. The number of benzene rings is 8. The van der Waals surface area contributed by atoms with Gasteiger partial charge in [-0.25, -0.2) is 0 Å². The van der Waals surface area contributed by atoms with Gasteiger partial charge in [-0.2, -0.15) is 0 Å². The van der Waals surface area contributed by atoms with Crippen LogP contribution in [0, 0.1) is 0 Å². The summed E-state index contributed by atoms with van der Waals surface area (Å²) in [6.45, 7) is 0. The molecule has 0 unspecified atom stereocenters. The predicted octanol–water partition coefficient (Wildman–Crippen LogP) is 13.0. The van der Waals surface area contributed by atoms with Crippen LogP contribution < -0.4 is 4.90 Å². The molecular formula is C48H33N3. The molecule has 0 saturated carbocycles. The third kappa shape index (κ3) is 4.74. The largest absolute Gasteiger partial charge is 0.309 e. The van der Waals surface area contributed by atoms with E-state index in [1.165, 1.54) is 49.2 Å². The molecule has 2 aromatic heterocycles. The minimum Gasteiger partial charge on any atom is -0.309 e. The summed E-state index contributed by atoms with van der Waals surface area (Å²) >= 11 is 0. The number of anilines is 3. The maximum Gasteiger partial charge on any atom is 0.0782 e. The summed E-state index contributed by atoms with van der Waals surface area (Å²) in [6.07, 6.45) is 0. The van der Waals surface area contributed by atoms with Crippen LogP contribution in [0.1, 0.15) is 0 Å². The Morgan fingerprint density at radius 1 is 0.314 bits per heavy atom. The molecular weight excluding hydrogens is 619 g/mol. The van der Waals surface area contributed by atoms with Crippen molar-refractivity contribution >= 4 is 60.7 Å². The number of para-hydroxylation sites is 5. The lowest BCUT2D eigenvalue weighted by atomic mass is 10.1. The van der Waals surface area contributed by atoms with Crippen molar-refractivity contribution in [2.24, 2.45) is 0 Å². The standard InChI is InChI=1S/C48H33N3/c1-4-15-34(16-5-1)35-27-29-38(30-28-35)50-44-24-12-10-21-40(44)42-32-31-39(33-47(42)50)49(36-17-6-2-7-18-36)46-26-14-23-43-41-22-11-13-25-45(41)51(48(43)46)37-19-8-3-9-20-37/h1-33H. The molecule has 0 bridgehead atoms. The lowest BCUT2D eigenvalue weighted by Gasteiger charge is -2.27. The predicted molar refractivity (Wildman–Crippen MR) is 215 cm³/mol. The highest BCUT2D eigenvalue weighted by molar-refractivity contribution is 6.15. The van der Waals surface area contributed by atoms with E-state index in [0.29, 0.717) is 0 Å². The first-order valence-electron chi connectivity index (χ1n) is 17.5. The third-order valence-corrected chi connectivity index (χ3v) is 10.1. The molecule has 0 N–H and O–H groups in total. The molecule has 0 saturated heterocycles. The lowest BCUT2D eigenvalue weighted by molar-refractivity contribution is 1.16. The van der Waals surface area contributed by atoms with E-state index < -0.39 is 0 Å². The maximum atomic E-state index is 2.42. The SMILES string of the molecule is c1ccc(-c2ccc(-n3c4ccccc4c4ccc(N(c5ccccc5)c5cccc6c7ccccc7n(-c7ccccc7)c56)cc43)cc2)cc1. The van der Waals surface area contributed by atoms with Gasteiger partial charge < -0.3 is 14.0 Å². The fourth-order valence-electron chi connectivity index (χ4n) is 7.84. The third-order valence-electron chi connectivity index (χ3n) is 10.1. The molecule has 10 rings (SSSR count). The number of nitrogens with zero attached hydrogens (tertiary/aromatic N) is 3. The number of hydrogen-bond donors (Lipinski definition) is 0. The number of fused-ring (bicyclic) bond motifs is 6. The van der Waals surface area contributed by atoms with Gasteiger partial charge in [0.05, 0.1) is 27.8 Å². The highest BCUT2D eigenvalue weighted by Crippen LogP contribution is 2.44. The Hall–Kier alpha value is -6.84. The number of rotatable bonds is 6. The Kier molecular flexibility index (Phi) is 6.81. The van der Waals surface area contributed by atoms with E-state index in [2.05, 4.69) is 214 Å². The summed E-state index contributed by atoms with van der Waals surface area (Å²) in [5.74, 6) is 0. The van der Waals surface area contributed by atoms with Gasteiger partial charge in [0.15, 0.2) is 0 Å². The maximum absolute atomic E-state index is 2.42. The van der Waals surface area contributed by atoms with Crippen molar-refractivity contribution in [3.63, 3.8) is 0 Å². The highest BCUT2D eigenvalue weighted by atomic mass is 15.2. The summed E-state index contributed by atoms with van der Waals surface area (Å²) in [5, 5.41) is 4.93.